The summed E-state index contributed by atoms with van der Waals surface area (Å²) in [5, 5.41) is 0. The zero-order chi connectivity index (χ0) is 12.1. The van der Waals surface area contributed by atoms with E-state index in [0.29, 0.717) is 0 Å². The van der Waals surface area contributed by atoms with Gasteiger partial charge < -0.3 is 0 Å². The molecule has 1 fully saturated rings. The monoisotopic (exact) mass is 220 g/mol. The third kappa shape index (κ3) is 3.23. The van der Waals surface area contributed by atoms with Gasteiger partial charge in [0.2, 0.25) is 0 Å². The first-order valence-electron chi connectivity index (χ1n) is 7.03. The highest BCUT2D eigenvalue weighted by Crippen LogP contribution is 2.42. The Morgan fingerprint density at radius 1 is 1.25 bits per heavy atom. The lowest BCUT2D eigenvalue weighted by atomic mass is 9.70. The van der Waals surface area contributed by atoms with E-state index < -0.39 is 0 Å². The van der Waals surface area contributed by atoms with Crippen molar-refractivity contribution in [3.63, 3.8) is 0 Å². The molecular formula is C16H28. The number of rotatable bonds is 1. The van der Waals surface area contributed by atoms with Gasteiger partial charge in [0.15, 0.2) is 0 Å². The molecule has 0 aromatic carbocycles. The molecular weight excluding hydrogens is 192 g/mol. The highest BCUT2D eigenvalue weighted by atomic mass is 14.3. The quantitative estimate of drug-likeness (QED) is 0.522. The van der Waals surface area contributed by atoms with Crippen molar-refractivity contribution in [2.24, 2.45) is 17.8 Å². The van der Waals surface area contributed by atoms with Gasteiger partial charge in [0.25, 0.3) is 0 Å². The lowest BCUT2D eigenvalue weighted by molar-refractivity contribution is 0.319. The molecule has 0 amide bonds. The summed E-state index contributed by atoms with van der Waals surface area (Å²) in [5.74, 6) is 2.55. The third-order valence-electron chi connectivity index (χ3n) is 4.04. The van der Waals surface area contributed by atoms with Gasteiger partial charge >= 0.3 is 0 Å². The van der Waals surface area contributed by atoms with Crippen molar-refractivity contribution < 1.29 is 0 Å². The second-order valence-electron chi connectivity index (χ2n) is 5.31. The van der Waals surface area contributed by atoms with Crippen LogP contribution in [-0.4, -0.2) is 0 Å². The van der Waals surface area contributed by atoms with Crippen LogP contribution in [0.25, 0.3) is 0 Å². The molecule has 2 rings (SSSR count). The summed E-state index contributed by atoms with van der Waals surface area (Å²) < 4.78 is 0. The second kappa shape index (κ2) is 6.27. The average molecular weight is 220 g/mol. The summed E-state index contributed by atoms with van der Waals surface area (Å²) in [6.45, 7) is 12.7. The maximum atomic E-state index is 4.11. The lowest BCUT2D eigenvalue weighted by Crippen LogP contribution is -2.22. The molecule has 2 aliphatic rings. The summed E-state index contributed by atoms with van der Waals surface area (Å²) >= 11 is 0. The minimum Gasteiger partial charge on any atom is -0.0999 e. The molecule has 0 spiro atoms. The van der Waals surface area contributed by atoms with Gasteiger partial charge in [0.05, 0.1) is 0 Å². The molecule has 0 aromatic rings. The van der Waals surface area contributed by atoms with Gasteiger partial charge in [-0.2, -0.15) is 0 Å². The predicted molar refractivity (Wildman–Crippen MR) is 73.5 cm³/mol. The topological polar surface area (TPSA) is 0 Å². The lowest BCUT2D eigenvalue weighted by Gasteiger charge is -2.36. The summed E-state index contributed by atoms with van der Waals surface area (Å²) in [7, 11) is 0. The fourth-order valence-corrected chi connectivity index (χ4v) is 3.04. The van der Waals surface area contributed by atoms with E-state index in [1.54, 1.807) is 5.57 Å². The average Bonchev–Trinajstić information content (AvgIpc) is 2.30. The van der Waals surface area contributed by atoms with Crippen LogP contribution in [-0.2, 0) is 0 Å². The summed E-state index contributed by atoms with van der Waals surface area (Å²) in [4.78, 5) is 0. The second-order valence-corrected chi connectivity index (χ2v) is 5.31. The molecule has 3 unspecified atom stereocenters. The predicted octanol–water partition coefficient (Wildman–Crippen LogP) is 5.36. The Balaban J connectivity index is 0.000000606. The highest BCUT2D eigenvalue weighted by molar-refractivity contribution is 5.17. The Bertz CT molecular complexity index is 259. The highest BCUT2D eigenvalue weighted by Gasteiger charge is 2.28. The van der Waals surface area contributed by atoms with Crippen LogP contribution in [0, 0.1) is 17.8 Å². The minimum atomic E-state index is 0.811. The molecule has 0 heterocycles. The molecule has 0 saturated heterocycles. The van der Waals surface area contributed by atoms with Gasteiger partial charge in [-0.25, -0.2) is 0 Å². The molecule has 16 heavy (non-hydrogen) atoms. The van der Waals surface area contributed by atoms with Crippen molar-refractivity contribution in [1.29, 1.82) is 0 Å². The molecule has 0 bridgehead atoms. The fraction of sp³-hybridized carbons (Fsp3) is 0.750. The summed E-state index contributed by atoms with van der Waals surface area (Å²) in [6.07, 6.45) is 9.45. The zero-order valence-corrected chi connectivity index (χ0v) is 11.6. The van der Waals surface area contributed by atoms with Crippen LogP contribution in [0.4, 0.5) is 0 Å². The van der Waals surface area contributed by atoms with Gasteiger partial charge in [0.1, 0.15) is 0 Å². The SMILES string of the molecule is C=C(C)C1CCC2=CC(C)CCC2C1.CC. The standard InChI is InChI=1S/C14H22.C2H6/c1-10(2)12-6-7-13-8-11(3)4-5-14(13)9-12;1-2/h8,11-12,14H,1,4-7,9H2,2-3H3;1-2H3. The van der Waals surface area contributed by atoms with Crippen LogP contribution in [0.1, 0.15) is 59.8 Å². The van der Waals surface area contributed by atoms with Crippen molar-refractivity contribution >= 4 is 0 Å². The maximum Gasteiger partial charge on any atom is -0.0197 e. The van der Waals surface area contributed by atoms with Crippen molar-refractivity contribution in [2.75, 3.05) is 0 Å². The number of hydrogen-bond acceptors (Lipinski definition) is 0. The van der Waals surface area contributed by atoms with Gasteiger partial charge in [-0.15, -0.1) is 0 Å². The smallest absolute Gasteiger partial charge is 0.0197 e. The Kier molecular flexibility index (Phi) is 5.31. The van der Waals surface area contributed by atoms with Crippen molar-refractivity contribution in [1.82, 2.24) is 0 Å². The van der Waals surface area contributed by atoms with Gasteiger partial charge in [-0.3, -0.25) is 0 Å². The molecule has 92 valence electrons. The normalized spacial score (nSPS) is 33.0. The van der Waals surface area contributed by atoms with Crippen LogP contribution < -0.4 is 0 Å². The van der Waals surface area contributed by atoms with Crippen LogP contribution in [0.3, 0.4) is 0 Å². The largest absolute Gasteiger partial charge is 0.0999 e. The van der Waals surface area contributed by atoms with Crippen molar-refractivity contribution in [2.45, 2.75) is 59.8 Å². The van der Waals surface area contributed by atoms with Crippen LogP contribution in [0.5, 0.6) is 0 Å². The number of allylic oxidation sites excluding steroid dienone is 3. The molecule has 0 heteroatoms. The van der Waals surface area contributed by atoms with E-state index in [0.717, 1.165) is 17.8 Å². The van der Waals surface area contributed by atoms with Gasteiger partial charge in [0, 0.05) is 0 Å². The maximum absolute atomic E-state index is 4.11. The van der Waals surface area contributed by atoms with Crippen LogP contribution >= 0.6 is 0 Å². The molecule has 0 aliphatic heterocycles. The van der Waals surface area contributed by atoms with E-state index in [4.69, 9.17) is 0 Å². The Morgan fingerprint density at radius 2 is 1.94 bits per heavy atom. The first kappa shape index (κ1) is 13.5. The first-order chi connectivity index (χ1) is 7.66. The van der Waals surface area contributed by atoms with E-state index in [9.17, 15) is 0 Å². The number of hydrogen-bond donors (Lipinski definition) is 0. The van der Waals surface area contributed by atoms with E-state index in [1.807, 2.05) is 13.8 Å². The first-order valence-corrected chi connectivity index (χ1v) is 7.03. The third-order valence-corrected chi connectivity index (χ3v) is 4.04. The number of fused-ring (bicyclic) bond motifs is 1. The van der Waals surface area contributed by atoms with E-state index in [2.05, 4.69) is 26.5 Å². The van der Waals surface area contributed by atoms with Gasteiger partial charge in [-0.05, 0) is 56.8 Å². The molecule has 3 atom stereocenters. The van der Waals surface area contributed by atoms with E-state index in [1.165, 1.54) is 37.7 Å². The summed E-state index contributed by atoms with van der Waals surface area (Å²) in [6, 6.07) is 0. The van der Waals surface area contributed by atoms with E-state index in [-0.39, 0.29) is 0 Å². The molecule has 0 nitrogen and oxygen atoms in total. The Hall–Kier alpha value is -0.520. The fourth-order valence-electron chi connectivity index (χ4n) is 3.04. The van der Waals surface area contributed by atoms with Gasteiger partial charge in [-0.1, -0.05) is 44.6 Å². The summed E-state index contributed by atoms with van der Waals surface area (Å²) in [5.41, 5.74) is 3.17. The minimum absolute atomic E-state index is 0.811. The Labute approximate surface area is 102 Å². The van der Waals surface area contributed by atoms with Crippen LogP contribution in [0.2, 0.25) is 0 Å². The molecule has 2 aliphatic carbocycles. The zero-order valence-electron chi connectivity index (χ0n) is 11.6. The molecule has 0 aromatic heterocycles. The molecule has 0 radical (unpaired) electrons. The molecule has 0 N–H and O–H groups in total. The molecule has 1 saturated carbocycles. The Morgan fingerprint density at radius 3 is 2.56 bits per heavy atom. The van der Waals surface area contributed by atoms with Crippen molar-refractivity contribution in [3.05, 3.63) is 23.8 Å². The van der Waals surface area contributed by atoms with Crippen molar-refractivity contribution in [3.8, 4) is 0 Å². The van der Waals surface area contributed by atoms with Crippen LogP contribution in [0.15, 0.2) is 23.8 Å². The van der Waals surface area contributed by atoms with E-state index >= 15 is 0 Å².